The molecule has 3 heteroatoms. The fourth-order valence-corrected chi connectivity index (χ4v) is 1.29. The van der Waals surface area contributed by atoms with Crippen molar-refractivity contribution in [1.29, 1.82) is 0 Å². The molecule has 0 saturated carbocycles. The molecule has 0 atom stereocenters. The van der Waals surface area contributed by atoms with Crippen LogP contribution in [0.4, 0.5) is 0 Å². The Hall–Kier alpha value is -0.120. The molecule has 0 aliphatic carbocycles. The van der Waals surface area contributed by atoms with Gasteiger partial charge in [-0.15, -0.1) is 0 Å². The zero-order valence-corrected chi connectivity index (χ0v) is 10.0. The lowest BCUT2D eigenvalue weighted by atomic mass is 10.4. The average molecular weight is 202 g/mol. The van der Waals surface area contributed by atoms with Crippen molar-refractivity contribution in [1.82, 2.24) is 10.2 Å². The van der Waals surface area contributed by atoms with Crippen LogP contribution in [0.2, 0.25) is 0 Å². The Labute approximate surface area is 88.8 Å². The Morgan fingerprint density at radius 3 is 2.29 bits per heavy atom. The van der Waals surface area contributed by atoms with Crippen molar-refractivity contribution >= 4 is 0 Å². The van der Waals surface area contributed by atoms with Crippen LogP contribution in [0.25, 0.3) is 0 Å². The van der Waals surface area contributed by atoms with Crippen LogP contribution in [0.1, 0.15) is 27.2 Å². The molecule has 1 N–H and O–H groups in total. The van der Waals surface area contributed by atoms with E-state index in [9.17, 15) is 0 Å². The molecule has 14 heavy (non-hydrogen) atoms. The van der Waals surface area contributed by atoms with Crippen molar-refractivity contribution in [3.63, 3.8) is 0 Å². The van der Waals surface area contributed by atoms with Crippen LogP contribution in [0.15, 0.2) is 0 Å². The van der Waals surface area contributed by atoms with Crippen molar-refractivity contribution in [3.05, 3.63) is 0 Å². The third-order valence-corrected chi connectivity index (χ3v) is 2.27. The van der Waals surface area contributed by atoms with E-state index in [4.69, 9.17) is 4.74 Å². The SMILES string of the molecule is CCCOCCNCCN(CC)CC. The molecule has 0 aliphatic heterocycles. The fraction of sp³-hybridized carbons (Fsp3) is 1.00. The van der Waals surface area contributed by atoms with Gasteiger partial charge in [0.05, 0.1) is 6.61 Å². The van der Waals surface area contributed by atoms with Crippen LogP contribution in [0, 0.1) is 0 Å². The Balaban J connectivity index is 3.04. The second-order valence-electron chi connectivity index (χ2n) is 3.39. The van der Waals surface area contributed by atoms with Gasteiger partial charge in [-0.25, -0.2) is 0 Å². The summed E-state index contributed by atoms with van der Waals surface area (Å²) in [6.07, 6.45) is 1.11. The number of rotatable bonds is 10. The van der Waals surface area contributed by atoms with E-state index in [2.05, 4.69) is 31.0 Å². The quantitative estimate of drug-likeness (QED) is 0.541. The Morgan fingerprint density at radius 2 is 1.71 bits per heavy atom. The molecule has 0 spiro atoms. The molecule has 0 bridgehead atoms. The van der Waals surface area contributed by atoms with Crippen molar-refractivity contribution < 1.29 is 4.74 Å². The van der Waals surface area contributed by atoms with E-state index in [1.165, 1.54) is 0 Å². The number of hydrogen-bond donors (Lipinski definition) is 1. The van der Waals surface area contributed by atoms with Crippen LogP contribution in [-0.4, -0.2) is 50.8 Å². The monoisotopic (exact) mass is 202 g/mol. The predicted molar refractivity (Wildman–Crippen MR) is 61.8 cm³/mol. The molecule has 0 aromatic rings. The lowest BCUT2D eigenvalue weighted by Gasteiger charge is -2.17. The standard InChI is InChI=1S/C11H26N2O/c1-4-10-14-11-8-12-7-9-13(5-2)6-3/h12H,4-11H2,1-3H3. The Morgan fingerprint density at radius 1 is 1.00 bits per heavy atom. The predicted octanol–water partition coefficient (Wildman–Crippen LogP) is 1.34. The molecule has 3 nitrogen and oxygen atoms in total. The normalized spacial score (nSPS) is 11.1. The summed E-state index contributed by atoms with van der Waals surface area (Å²) >= 11 is 0. The number of hydrogen-bond acceptors (Lipinski definition) is 3. The second kappa shape index (κ2) is 11.0. The van der Waals surface area contributed by atoms with E-state index >= 15 is 0 Å². The maximum atomic E-state index is 5.37. The second-order valence-corrected chi connectivity index (χ2v) is 3.39. The van der Waals surface area contributed by atoms with Gasteiger partial charge in [-0.2, -0.15) is 0 Å². The highest BCUT2D eigenvalue weighted by Gasteiger charge is 1.96. The first-order chi connectivity index (χ1) is 6.85. The minimum absolute atomic E-state index is 0.839. The van der Waals surface area contributed by atoms with Gasteiger partial charge in [0.1, 0.15) is 0 Å². The maximum Gasteiger partial charge on any atom is 0.0590 e. The van der Waals surface area contributed by atoms with Gasteiger partial charge in [-0.1, -0.05) is 20.8 Å². The molecule has 0 amide bonds. The van der Waals surface area contributed by atoms with E-state index in [1.54, 1.807) is 0 Å². The van der Waals surface area contributed by atoms with Crippen LogP contribution in [0.5, 0.6) is 0 Å². The van der Waals surface area contributed by atoms with Crippen molar-refractivity contribution in [2.45, 2.75) is 27.2 Å². The maximum absolute atomic E-state index is 5.37. The van der Waals surface area contributed by atoms with E-state index in [0.29, 0.717) is 0 Å². The van der Waals surface area contributed by atoms with E-state index in [-0.39, 0.29) is 0 Å². The molecule has 0 radical (unpaired) electrons. The smallest absolute Gasteiger partial charge is 0.0590 e. The molecule has 0 aromatic carbocycles. The topological polar surface area (TPSA) is 24.5 Å². The van der Waals surface area contributed by atoms with Gasteiger partial charge in [0.25, 0.3) is 0 Å². The highest BCUT2D eigenvalue weighted by atomic mass is 16.5. The van der Waals surface area contributed by atoms with Gasteiger partial charge >= 0.3 is 0 Å². The molecule has 0 aromatic heterocycles. The summed E-state index contributed by atoms with van der Waals surface area (Å²) in [5.41, 5.74) is 0. The zero-order valence-electron chi connectivity index (χ0n) is 10.0. The average Bonchev–Trinajstić information content (AvgIpc) is 2.22. The first-order valence-corrected chi connectivity index (χ1v) is 5.85. The third-order valence-electron chi connectivity index (χ3n) is 2.27. The van der Waals surface area contributed by atoms with Crippen LogP contribution < -0.4 is 5.32 Å². The summed E-state index contributed by atoms with van der Waals surface area (Å²) in [5, 5.41) is 3.38. The zero-order chi connectivity index (χ0) is 10.6. The van der Waals surface area contributed by atoms with Crippen LogP contribution in [-0.2, 0) is 4.74 Å². The number of ether oxygens (including phenoxy) is 1. The molecule has 0 rings (SSSR count). The molecular weight excluding hydrogens is 176 g/mol. The fourth-order valence-electron chi connectivity index (χ4n) is 1.29. The summed E-state index contributed by atoms with van der Waals surface area (Å²) in [7, 11) is 0. The summed E-state index contributed by atoms with van der Waals surface area (Å²) < 4.78 is 5.37. The molecule has 0 fully saturated rings. The van der Waals surface area contributed by atoms with Gasteiger partial charge in [-0.3, -0.25) is 0 Å². The van der Waals surface area contributed by atoms with Crippen LogP contribution >= 0.6 is 0 Å². The lowest BCUT2D eigenvalue weighted by Crippen LogP contribution is -2.33. The largest absolute Gasteiger partial charge is 0.380 e. The van der Waals surface area contributed by atoms with Gasteiger partial charge in [0.15, 0.2) is 0 Å². The van der Waals surface area contributed by atoms with E-state index in [1.807, 2.05) is 0 Å². The van der Waals surface area contributed by atoms with Crippen molar-refractivity contribution in [2.75, 3.05) is 45.9 Å². The summed E-state index contributed by atoms with van der Waals surface area (Å²) in [6.45, 7) is 13.7. The first kappa shape index (κ1) is 13.9. The minimum Gasteiger partial charge on any atom is -0.380 e. The minimum atomic E-state index is 0.839. The molecular formula is C11H26N2O. The molecule has 86 valence electrons. The first-order valence-electron chi connectivity index (χ1n) is 5.85. The summed E-state index contributed by atoms with van der Waals surface area (Å²) in [4.78, 5) is 2.42. The summed E-state index contributed by atoms with van der Waals surface area (Å²) in [6, 6.07) is 0. The van der Waals surface area contributed by atoms with Gasteiger partial charge in [0, 0.05) is 26.2 Å². The van der Waals surface area contributed by atoms with Gasteiger partial charge < -0.3 is 15.0 Å². The van der Waals surface area contributed by atoms with Gasteiger partial charge in [-0.05, 0) is 19.5 Å². The number of nitrogens with zero attached hydrogens (tertiary/aromatic N) is 1. The highest BCUT2D eigenvalue weighted by Crippen LogP contribution is 1.84. The highest BCUT2D eigenvalue weighted by molar-refractivity contribution is 4.55. The Kier molecular flexibility index (Phi) is 10.9. The van der Waals surface area contributed by atoms with Crippen LogP contribution in [0.3, 0.4) is 0 Å². The summed E-state index contributed by atoms with van der Waals surface area (Å²) in [5.74, 6) is 0. The molecule has 0 heterocycles. The molecule has 0 aliphatic rings. The van der Waals surface area contributed by atoms with Crippen molar-refractivity contribution in [3.8, 4) is 0 Å². The van der Waals surface area contributed by atoms with E-state index < -0.39 is 0 Å². The third kappa shape index (κ3) is 8.48. The number of likely N-dealkylation sites (N-methyl/N-ethyl adjacent to an activating group) is 1. The van der Waals surface area contributed by atoms with Gasteiger partial charge in [0.2, 0.25) is 0 Å². The molecule has 0 unspecified atom stereocenters. The van der Waals surface area contributed by atoms with Crippen molar-refractivity contribution in [2.24, 2.45) is 0 Å². The van der Waals surface area contributed by atoms with E-state index in [0.717, 1.165) is 52.4 Å². The lowest BCUT2D eigenvalue weighted by molar-refractivity contribution is 0.136. The molecule has 0 saturated heterocycles. The Bertz CT molecular complexity index is 105. The number of nitrogens with one attached hydrogen (secondary N) is 1.